The van der Waals surface area contributed by atoms with E-state index in [1.807, 2.05) is 18.2 Å². The number of carbonyl (C=O) groups excluding carboxylic acids is 2. The molecule has 0 aliphatic carbocycles. The van der Waals surface area contributed by atoms with Crippen LogP contribution in [0.3, 0.4) is 0 Å². The van der Waals surface area contributed by atoms with Crippen LogP contribution in [0.25, 0.3) is 0 Å². The largest absolute Gasteiger partial charge is 0.496 e. The van der Waals surface area contributed by atoms with Gasteiger partial charge in [-0.3, -0.25) is 15.0 Å². The fraction of sp³-hybridized carbons (Fsp3) is 0.176. The Balaban J connectivity index is 1.68. The molecule has 0 saturated carbocycles. The van der Waals surface area contributed by atoms with Crippen LogP contribution in [0.5, 0.6) is 5.75 Å². The Morgan fingerprint density at radius 1 is 1.09 bits per heavy atom. The number of hydrogen-bond donors (Lipinski definition) is 1. The summed E-state index contributed by atoms with van der Waals surface area (Å²) < 4.78 is 10.9. The van der Waals surface area contributed by atoms with Crippen molar-refractivity contribution >= 4 is 17.5 Å². The molecule has 0 bridgehead atoms. The Morgan fingerprint density at radius 2 is 1.78 bits per heavy atom. The average molecular weight is 310 g/mol. The van der Waals surface area contributed by atoms with Gasteiger partial charge in [0, 0.05) is 5.56 Å². The first-order chi connectivity index (χ1) is 11.2. The molecule has 0 aromatic heterocycles. The lowest BCUT2D eigenvalue weighted by Crippen LogP contribution is -2.36. The van der Waals surface area contributed by atoms with Crippen molar-refractivity contribution in [1.82, 2.24) is 5.43 Å². The van der Waals surface area contributed by atoms with Crippen LogP contribution in [0, 0.1) is 0 Å². The summed E-state index contributed by atoms with van der Waals surface area (Å²) in [6.45, 7) is 0. The maximum atomic E-state index is 12.8. The van der Waals surface area contributed by atoms with Crippen molar-refractivity contribution in [3.05, 3.63) is 60.2 Å². The van der Waals surface area contributed by atoms with E-state index in [2.05, 4.69) is 5.43 Å². The molecule has 0 radical (unpaired) electrons. The molecule has 2 aromatic carbocycles. The second-order valence-corrected chi connectivity index (χ2v) is 5.39. The predicted octanol–water partition coefficient (Wildman–Crippen LogP) is 1.58. The van der Waals surface area contributed by atoms with E-state index in [0.717, 1.165) is 0 Å². The third-order valence-corrected chi connectivity index (χ3v) is 4.12. The van der Waals surface area contributed by atoms with Crippen molar-refractivity contribution in [3.8, 4) is 5.75 Å². The first kappa shape index (κ1) is 13.8. The van der Waals surface area contributed by atoms with Gasteiger partial charge >= 0.3 is 0 Å². The SMILES string of the molecule is COc1ccccc1C1OC12C(=O)NN(c1ccccc1)C2=O. The molecule has 2 fully saturated rings. The van der Waals surface area contributed by atoms with E-state index in [-0.39, 0.29) is 0 Å². The van der Waals surface area contributed by atoms with Crippen LogP contribution < -0.4 is 15.2 Å². The number of carbonyl (C=O) groups is 2. The standard InChI is InChI=1S/C17H14N2O4/c1-22-13-10-6-5-9-12(13)14-17(23-14)15(20)18-19(16(17)21)11-7-3-2-4-8-11/h2-10,14H,1H3,(H,18,20). The van der Waals surface area contributed by atoms with Crippen LogP contribution in [0.1, 0.15) is 11.7 Å². The van der Waals surface area contributed by atoms with Crippen molar-refractivity contribution < 1.29 is 19.1 Å². The number of anilines is 1. The molecule has 6 heteroatoms. The lowest BCUT2D eigenvalue weighted by molar-refractivity contribution is -0.129. The van der Waals surface area contributed by atoms with E-state index < -0.39 is 23.5 Å². The number of ether oxygens (including phenoxy) is 2. The van der Waals surface area contributed by atoms with E-state index in [1.54, 1.807) is 43.5 Å². The smallest absolute Gasteiger partial charge is 0.291 e. The van der Waals surface area contributed by atoms with Gasteiger partial charge in [0.05, 0.1) is 12.8 Å². The molecule has 2 aromatic rings. The van der Waals surface area contributed by atoms with E-state index in [4.69, 9.17) is 9.47 Å². The first-order valence-electron chi connectivity index (χ1n) is 7.20. The molecule has 1 N–H and O–H groups in total. The second kappa shape index (κ2) is 4.82. The molecule has 23 heavy (non-hydrogen) atoms. The van der Waals surface area contributed by atoms with E-state index >= 15 is 0 Å². The van der Waals surface area contributed by atoms with Crippen LogP contribution in [-0.4, -0.2) is 24.5 Å². The topological polar surface area (TPSA) is 71.2 Å². The molecule has 2 heterocycles. The number of nitrogens with one attached hydrogen (secondary N) is 1. The number of hydrazine groups is 1. The normalized spacial score (nSPS) is 25.6. The number of benzene rings is 2. The fourth-order valence-corrected chi connectivity index (χ4v) is 2.91. The molecule has 4 rings (SSSR count). The zero-order valence-corrected chi connectivity index (χ0v) is 12.4. The Kier molecular flexibility index (Phi) is 2.89. The van der Waals surface area contributed by atoms with Crippen LogP contribution >= 0.6 is 0 Å². The lowest BCUT2D eigenvalue weighted by Gasteiger charge is -2.14. The van der Waals surface area contributed by atoms with E-state index in [1.165, 1.54) is 5.01 Å². The summed E-state index contributed by atoms with van der Waals surface area (Å²) in [7, 11) is 1.54. The van der Waals surface area contributed by atoms with Gasteiger partial charge < -0.3 is 9.47 Å². The first-order valence-corrected chi connectivity index (χ1v) is 7.20. The molecule has 116 valence electrons. The number of para-hydroxylation sites is 2. The summed E-state index contributed by atoms with van der Waals surface area (Å²) in [5.41, 5.74) is 2.38. The minimum atomic E-state index is -1.50. The Labute approximate surface area is 132 Å². The minimum Gasteiger partial charge on any atom is -0.496 e. The molecular formula is C17H14N2O4. The molecule has 1 spiro atoms. The van der Waals surface area contributed by atoms with Crippen LogP contribution in [0.2, 0.25) is 0 Å². The van der Waals surface area contributed by atoms with Crippen molar-refractivity contribution in [3.63, 3.8) is 0 Å². The predicted molar refractivity (Wildman–Crippen MR) is 81.6 cm³/mol. The van der Waals surface area contributed by atoms with Crippen LogP contribution in [-0.2, 0) is 14.3 Å². The van der Waals surface area contributed by atoms with Gasteiger partial charge in [-0.25, -0.2) is 5.01 Å². The maximum absolute atomic E-state index is 12.8. The highest BCUT2D eigenvalue weighted by Crippen LogP contribution is 2.55. The minimum absolute atomic E-state index is 0.412. The number of nitrogens with zero attached hydrogens (tertiary/aromatic N) is 1. The highest BCUT2D eigenvalue weighted by Gasteiger charge is 2.74. The van der Waals surface area contributed by atoms with E-state index in [0.29, 0.717) is 17.0 Å². The number of rotatable bonds is 3. The van der Waals surface area contributed by atoms with Gasteiger partial charge in [-0.05, 0) is 18.2 Å². The number of epoxide rings is 1. The van der Waals surface area contributed by atoms with Crippen molar-refractivity contribution in [2.75, 3.05) is 12.1 Å². The molecule has 2 unspecified atom stereocenters. The lowest BCUT2D eigenvalue weighted by atomic mass is 9.98. The Morgan fingerprint density at radius 3 is 2.52 bits per heavy atom. The average Bonchev–Trinajstić information content (AvgIpc) is 3.31. The zero-order valence-electron chi connectivity index (χ0n) is 12.4. The van der Waals surface area contributed by atoms with Gasteiger partial charge in [0.15, 0.2) is 0 Å². The summed E-state index contributed by atoms with van der Waals surface area (Å²) in [5.74, 6) is -0.278. The van der Waals surface area contributed by atoms with Gasteiger partial charge in [-0.1, -0.05) is 36.4 Å². The summed E-state index contributed by atoms with van der Waals surface area (Å²) in [6, 6.07) is 16.1. The summed E-state index contributed by atoms with van der Waals surface area (Å²) in [6.07, 6.45) is -0.639. The summed E-state index contributed by atoms with van der Waals surface area (Å²) >= 11 is 0. The van der Waals surface area contributed by atoms with Crippen molar-refractivity contribution in [2.45, 2.75) is 11.7 Å². The van der Waals surface area contributed by atoms with Crippen molar-refractivity contribution in [1.29, 1.82) is 0 Å². The number of methoxy groups -OCH3 is 1. The quantitative estimate of drug-likeness (QED) is 0.690. The Hall–Kier alpha value is -2.86. The third-order valence-electron chi connectivity index (χ3n) is 4.12. The highest BCUT2D eigenvalue weighted by molar-refractivity contribution is 6.23. The molecule has 2 amide bonds. The van der Waals surface area contributed by atoms with Gasteiger partial charge in [0.2, 0.25) is 0 Å². The third kappa shape index (κ3) is 1.85. The van der Waals surface area contributed by atoms with Crippen LogP contribution in [0.4, 0.5) is 5.69 Å². The Bertz CT molecular complexity index is 792. The zero-order chi connectivity index (χ0) is 16.0. The van der Waals surface area contributed by atoms with E-state index in [9.17, 15) is 9.59 Å². The molecule has 2 saturated heterocycles. The second-order valence-electron chi connectivity index (χ2n) is 5.39. The molecule has 2 aliphatic rings. The molecular weight excluding hydrogens is 296 g/mol. The van der Waals surface area contributed by atoms with Gasteiger partial charge in [-0.15, -0.1) is 0 Å². The van der Waals surface area contributed by atoms with Crippen molar-refractivity contribution in [2.24, 2.45) is 0 Å². The number of amides is 2. The molecule has 2 aliphatic heterocycles. The highest BCUT2D eigenvalue weighted by atomic mass is 16.6. The summed E-state index contributed by atoms with van der Waals surface area (Å²) in [5, 5.41) is 1.23. The van der Waals surface area contributed by atoms with Crippen LogP contribution in [0.15, 0.2) is 54.6 Å². The van der Waals surface area contributed by atoms with Gasteiger partial charge in [0.25, 0.3) is 17.4 Å². The van der Waals surface area contributed by atoms with Gasteiger partial charge in [-0.2, -0.15) is 0 Å². The monoisotopic (exact) mass is 310 g/mol. The fourth-order valence-electron chi connectivity index (χ4n) is 2.91. The molecule has 6 nitrogen and oxygen atoms in total. The molecule has 2 atom stereocenters. The van der Waals surface area contributed by atoms with Gasteiger partial charge in [0.1, 0.15) is 11.9 Å². The number of hydrogen-bond acceptors (Lipinski definition) is 4. The summed E-state index contributed by atoms with van der Waals surface area (Å²) in [4.78, 5) is 25.2. The maximum Gasteiger partial charge on any atom is 0.291 e.